The van der Waals surface area contributed by atoms with Crippen molar-refractivity contribution in [2.75, 3.05) is 6.54 Å². The van der Waals surface area contributed by atoms with E-state index in [1.54, 1.807) is 0 Å². The number of hydrogen-bond donors (Lipinski definition) is 2. The van der Waals surface area contributed by atoms with E-state index in [2.05, 4.69) is 17.5 Å². The van der Waals surface area contributed by atoms with Gasteiger partial charge in [-0.3, -0.25) is 0 Å². The van der Waals surface area contributed by atoms with Crippen molar-refractivity contribution in [1.82, 2.24) is 5.32 Å². The number of rotatable bonds is 3. The van der Waals surface area contributed by atoms with E-state index in [-0.39, 0.29) is 18.4 Å². The number of nitrogens with one attached hydrogen (secondary N) is 1. The molecule has 18 heavy (non-hydrogen) atoms. The molecule has 5 heteroatoms. The quantitative estimate of drug-likeness (QED) is 0.767. The van der Waals surface area contributed by atoms with Crippen molar-refractivity contribution in [1.29, 1.82) is 0 Å². The molecule has 104 valence electrons. The molecule has 3 N–H and O–H groups in total. The van der Waals surface area contributed by atoms with Gasteiger partial charge in [-0.1, -0.05) is 12.2 Å². The molecule has 1 fully saturated rings. The lowest BCUT2D eigenvalue weighted by atomic mass is 9.75. The molecule has 0 aromatic rings. The maximum absolute atomic E-state index is 12.6. The van der Waals surface area contributed by atoms with Crippen molar-refractivity contribution < 1.29 is 13.2 Å². The van der Waals surface area contributed by atoms with E-state index in [1.165, 1.54) is 0 Å². The van der Waals surface area contributed by atoms with Crippen molar-refractivity contribution in [3.05, 3.63) is 12.2 Å². The highest BCUT2D eigenvalue weighted by atomic mass is 19.4. The Balaban J connectivity index is 1.91. The molecule has 0 bridgehead atoms. The monoisotopic (exact) mass is 262 g/mol. The lowest BCUT2D eigenvalue weighted by molar-refractivity contribution is -0.185. The van der Waals surface area contributed by atoms with Crippen LogP contribution in [0.3, 0.4) is 0 Å². The summed E-state index contributed by atoms with van der Waals surface area (Å²) in [6, 6.07) is 0.357. The van der Waals surface area contributed by atoms with Gasteiger partial charge in [0.1, 0.15) is 0 Å². The lowest BCUT2D eigenvalue weighted by Crippen LogP contribution is -2.57. The molecule has 0 unspecified atom stereocenters. The molecule has 0 aromatic carbocycles. The summed E-state index contributed by atoms with van der Waals surface area (Å²) < 4.78 is 37.9. The molecule has 0 amide bonds. The number of alkyl halides is 3. The fourth-order valence-electron chi connectivity index (χ4n) is 3.07. The molecule has 0 radical (unpaired) electrons. The third-order valence-electron chi connectivity index (χ3n) is 4.31. The largest absolute Gasteiger partial charge is 0.391 e. The Labute approximate surface area is 106 Å². The zero-order valence-electron chi connectivity index (χ0n) is 10.5. The molecule has 2 aliphatic carbocycles. The van der Waals surface area contributed by atoms with Crippen LogP contribution in [0.15, 0.2) is 12.2 Å². The first-order valence-electron chi connectivity index (χ1n) is 6.65. The maximum atomic E-state index is 12.6. The average molecular weight is 262 g/mol. The van der Waals surface area contributed by atoms with E-state index < -0.39 is 12.1 Å². The summed E-state index contributed by atoms with van der Waals surface area (Å²) in [5.41, 5.74) is 5.53. The molecule has 0 saturated heterocycles. The first kappa shape index (κ1) is 13.9. The van der Waals surface area contributed by atoms with Crippen LogP contribution in [-0.2, 0) is 0 Å². The zero-order chi connectivity index (χ0) is 13.2. The predicted molar refractivity (Wildman–Crippen MR) is 65.1 cm³/mol. The smallest absolute Gasteiger partial charge is 0.329 e. The third-order valence-corrected chi connectivity index (χ3v) is 4.31. The van der Waals surface area contributed by atoms with Crippen molar-refractivity contribution in [2.24, 2.45) is 11.7 Å². The molecule has 0 heterocycles. The van der Waals surface area contributed by atoms with Gasteiger partial charge < -0.3 is 11.1 Å². The second-order valence-corrected chi connectivity index (χ2v) is 5.58. The van der Waals surface area contributed by atoms with E-state index in [1.807, 2.05) is 0 Å². The van der Waals surface area contributed by atoms with Crippen molar-refractivity contribution in [3.63, 3.8) is 0 Å². The molecule has 0 aliphatic heterocycles. The highest BCUT2D eigenvalue weighted by Crippen LogP contribution is 2.41. The summed E-state index contributed by atoms with van der Waals surface area (Å²) in [4.78, 5) is 0. The number of halogens is 3. The van der Waals surface area contributed by atoms with Crippen molar-refractivity contribution >= 4 is 0 Å². The summed E-state index contributed by atoms with van der Waals surface area (Å²) >= 11 is 0. The normalized spacial score (nSPS) is 34.1. The molecular weight excluding hydrogens is 241 g/mol. The summed E-state index contributed by atoms with van der Waals surface area (Å²) in [7, 11) is 0. The third kappa shape index (κ3) is 3.06. The summed E-state index contributed by atoms with van der Waals surface area (Å²) in [6.45, 7) is 0.425. The summed E-state index contributed by atoms with van der Waals surface area (Å²) in [5.74, 6) is -1.14. The van der Waals surface area contributed by atoms with E-state index in [0.29, 0.717) is 25.4 Å². The molecule has 0 atom stereocenters. The fourth-order valence-corrected chi connectivity index (χ4v) is 3.07. The van der Waals surface area contributed by atoms with Gasteiger partial charge in [-0.05, 0) is 38.5 Å². The first-order valence-corrected chi connectivity index (χ1v) is 6.65. The van der Waals surface area contributed by atoms with Gasteiger partial charge in [0.25, 0.3) is 0 Å². The molecule has 2 nitrogen and oxygen atoms in total. The van der Waals surface area contributed by atoms with Crippen LogP contribution in [0.4, 0.5) is 13.2 Å². The minimum atomic E-state index is -4.05. The Morgan fingerprint density at radius 2 is 1.72 bits per heavy atom. The van der Waals surface area contributed by atoms with Crippen LogP contribution in [-0.4, -0.2) is 24.3 Å². The average Bonchev–Trinajstić information content (AvgIpc) is 2.81. The maximum Gasteiger partial charge on any atom is 0.391 e. The topological polar surface area (TPSA) is 38.0 Å². The van der Waals surface area contributed by atoms with Crippen LogP contribution in [0.1, 0.15) is 38.5 Å². The Morgan fingerprint density at radius 3 is 2.17 bits per heavy atom. The second-order valence-electron chi connectivity index (χ2n) is 5.58. The molecule has 0 spiro atoms. The Morgan fingerprint density at radius 1 is 1.17 bits per heavy atom. The van der Waals surface area contributed by atoms with Gasteiger partial charge in [0.05, 0.1) is 5.92 Å². The van der Waals surface area contributed by atoms with Gasteiger partial charge in [-0.25, -0.2) is 0 Å². The van der Waals surface area contributed by atoms with Crippen LogP contribution in [0, 0.1) is 5.92 Å². The van der Waals surface area contributed by atoms with Gasteiger partial charge in [-0.15, -0.1) is 0 Å². The molecule has 0 aromatic heterocycles. The zero-order valence-corrected chi connectivity index (χ0v) is 10.5. The van der Waals surface area contributed by atoms with Crippen LogP contribution in [0.5, 0.6) is 0 Å². The Bertz CT molecular complexity index is 296. The van der Waals surface area contributed by atoms with Crippen molar-refractivity contribution in [3.8, 4) is 0 Å². The highest BCUT2D eigenvalue weighted by Gasteiger charge is 2.45. The molecule has 2 aliphatic rings. The molecule has 1 saturated carbocycles. The van der Waals surface area contributed by atoms with Crippen LogP contribution < -0.4 is 11.1 Å². The van der Waals surface area contributed by atoms with Gasteiger partial charge in [0, 0.05) is 18.1 Å². The van der Waals surface area contributed by atoms with Gasteiger partial charge in [0.15, 0.2) is 0 Å². The van der Waals surface area contributed by atoms with Gasteiger partial charge >= 0.3 is 6.18 Å². The molecule has 2 rings (SSSR count). The lowest BCUT2D eigenvalue weighted by Gasteiger charge is -2.42. The van der Waals surface area contributed by atoms with Gasteiger partial charge in [0.2, 0.25) is 0 Å². The Kier molecular flexibility index (Phi) is 4.02. The molecular formula is C13H21F3N2. The number of hydrogen-bond acceptors (Lipinski definition) is 2. The van der Waals surface area contributed by atoms with E-state index in [0.717, 1.165) is 12.8 Å². The Hall–Kier alpha value is -0.550. The predicted octanol–water partition coefficient (Wildman–Crippen LogP) is 2.74. The van der Waals surface area contributed by atoms with Crippen LogP contribution in [0.25, 0.3) is 0 Å². The highest BCUT2D eigenvalue weighted by molar-refractivity contribution is 5.03. The minimum Gasteiger partial charge on any atom is -0.329 e. The van der Waals surface area contributed by atoms with E-state index >= 15 is 0 Å². The second kappa shape index (κ2) is 5.21. The van der Waals surface area contributed by atoms with Crippen LogP contribution in [0.2, 0.25) is 0 Å². The summed E-state index contributed by atoms with van der Waals surface area (Å²) in [5, 5.41) is 3.50. The standard InChI is InChI=1S/C13H21F3N2/c14-13(15,16)10-5-7-12(9-17,8-6-10)18-11-3-1-2-4-11/h1-2,10-11,18H,3-9,17H2. The van der Waals surface area contributed by atoms with Crippen LogP contribution >= 0.6 is 0 Å². The van der Waals surface area contributed by atoms with Crippen molar-refractivity contribution in [2.45, 2.75) is 56.3 Å². The van der Waals surface area contributed by atoms with E-state index in [9.17, 15) is 13.2 Å². The summed E-state index contributed by atoms with van der Waals surface area (Å²) in [6.07, 6.45) is 3.58. The fraction of sp³-hybridized carbons (Fsp3) is 0.846. The van der Waals surface area contributed by atoms with Gasteiger partial charge in [-0.2, -0.15) is 13.2 Å². The minimum absolute atomic E-state index is 0.202. The first-order chi connectivity index (χ1) is 8.45. The number of nitrogens with two attached hydrogens (primary N) is 1. The SMILES string of the molecule is NCC1(NC2CC=CC2)CCC(C(F)(F)F)CC1. The van der Waals surface area contributed by atoms with E-state index in [4.69, 9.17) is 5.73 Å².